The van der Waals surface area contributed by atoms with Crippen molar-refractivity contribution in [3.05, 3.63) is 42.2 Å². The molecule has 0 bridgehead atoms. The van der Waals surface area contributed by atoms with Gasteiger partial charge in [0, 0.05) is 5.56 Å². The molecule has 0 N–H and O–H groups in total. The molecule has 1 aromatic carbocycles. The van der Waals surface area contributed by atoms with E-state index in [4.69, 9.17) is 9.47 Å². The number of rotatable bonds is 10. The van der Waals surface area contributed by atoms with Crippen LogP contribution in [-0.2, 0) is 4.74 Å². The molecule has 0 unspecified atom stereocenters. The SMILES string of the molecule is C=COCCCCCCOc1ccc(C(C)=O)cc1C. The van der Waals surface area contributed by atoms with Gasteiger partial charge in [-0.05, 0) is 63.3 Å². The second kappa shape index (κ2) is 9.18. The highest BCUT2D eigenvalue weighted by Crippen LogP contribution is 2.19. The second-order valence-corrected chi connectivity index (χ2v) is 4.84. The van der Waals surface area contributed by atoms with Crippen LogP contribution in [0.25, 0.3) is 0 Å². The fraction of sp³-hybridized carbons (Fsp3) is 0.471. The number of Topliss-reactive ketones (excluding diaryl/α,β-unsaturated/α-hetero) is 1. The first-order chi connectivity index (χ1) is 9.65. The van der Waals surface area contributed by atoms with E-state index in [1.165, 1.54) is 6.26 Å². The summed E-state index contributed by atoms with van der Waals surface area (Å²) < 4.78 is 10.8. The minimum atomic E-state index is 0.0846. The van der Waals surface area contributed by atoms with Gasteiger partial charge in [0.05, 0.1) is 19.5 Å². The first-order valence-electron chi connectivity index (χ1n) is 7.12. The van der Waals surface area contributed by atoms with Crippen LogP contribution in [0.4, 0.5) is 0 Å². The quantitative estimate of drug-likeness (QED) is 0.363. The van der Waals surface area contributed by atoms with Crippen molar-refractivity contribution < 1.29 is 14.3 Å². The number of ether oxygens (including phenoxy) is 2. The molecule has 0 atom stereocenters. The number of hydrogen-bond donors (Lipinski definition) is 0. The summed E-state index contributed by atoms with van der Waals surface area (Å²) in [6.45, 7) is 8.50. The Morgan fingerprint density at radius 2 is 1.90 bits per heavy atom. The summed E-state index contributed by atoms with van der Waals surface area (Å²) in [5.41, 5.74) is 1.74. The molecule has 3 heteroatoms. The summed E-state index contributed by atoms with van der Waals surface area (Å²) in [6, 6.07) is 5.57. The molecule has 0 fully saturated rings. The molecular weight excluding hydrogens is 252 g/mol. The van der Waals surface area contributed by atoms with Gasteiger partial charge in [0.2, 0.25) is 0 Å². The number of carbonyl (C=O) groups excluding carboxylic acids is 1. The highest BCUT2D eigenvalue weighted by atomic mass is 16.5. The zero-order valence-electron chi connectivity index (χ0n) is 12.5. The number of benzene rings is 1. The van der Waals surface area contributed by atoms with Gasteiger partial charge >= 0.3 is 0 Å². The predicted molar refractivity (Wildman–Crippen MR) is 81.3 cm³/mol. The molecule has 0 radical (unpaired) electrons. The topological polar surface area (TPSA) is 35.5 Å². The van der Waals surface area contributed by atoms with E-state index in [0.29, 0.717) is 6.61 Å². The van der Waals surface area contributed by atoms with Crippen molar-refractivity contribution in [3.63, 3.8) is 0 Å². The zero-order valence-corrected chi connectivity index (χ0v) is 12.5. The minimum Gasteiger partial charge on any atom is -0.502 e. The molecule has 1 aromatic rings. The molecule has 3 nitrogen and oxygen atoms in total. The van der Waals surface area contributed by atoms with Crippen molar-refractivity contribution in [3.8, 4) is 5.75 Å². The van der Waals surface area contributed by atoms with E-state index in [1.54, 1.807) is 6.92 Å². The van der Waals surface area contributed by atoms with Gasteiger partial charge in [-0.3, -0.25) is 4.79 Å². The molecule has 0 saturated carbocycles. The summed E-state index contributed by atoms with van der Waals surface area (Å²) in [5.74, 6) is 0.950. The fourth-order valence-electron chi connectivity index (χ4n) is 1.94. The molecule has 0 spiro atoms. The number of aryl methyl sites for hydroxylation is 1. The molecule has 1 rings (SSSR count). The van der Waals surface area contributed by atoms with E-state index in [-0.39, 0.29) is 5.78 Å². The molecule has 0 saturated heterocycles. The van der Waals surface area contributed by atoms with E-state index in [1.807, 2.05) is 25.1 Å². The number of carbonyl (C=O) groups is 1. The van der Waals surface area contributed by atoms with Crippen LogP contribution in [0.15, 0.2) is 31.0 Å². The van der Waals surface area contributed by atoms with Crippen LogP contribution < -0.4 is 4.74 Å². The van der Waals surface area contributed by atoms with Gasteiger partial charge in [-0.1, -0.05) is 6.58 Å². The van der Waals surface area contributed by atoms with Crippen molar-refractivity contribution in [2.75, 3.05) is 13.2 Å². The highest BCUT2D eigenvalue weighted by molar-refractivity contribution is 5.94. The summed E-state index contributed by atoms with van der Waals surface area (Å²) in [5, 5.41) is 0. The molecule has 0 aliphatic rings. The highest BCUT2D eigenvalue weighted by Gasteiger charge is 2.04. The van der Waals surface area contributed by atoms with Crippen molar-refractivity contribution in [2.24, 2.45) is 0 Å². The number of ketones is 1. The monoisotopic (exact) mass is 276 g/mol. The van der Waals surface area contributed by atoms with Gasteiger partial charge < -0.3 is 9.47 Å². The van der Waals surface area contributed by atoms with Gasteiger partial charge in [0.15, 0.2) is 5.78 Å². The van der Waals surface area contributed by atoms with Gasteiger partial charge in [-0.15, -0.1) is 0 Å². The third kappa shape index (κ3) is 5.91. The summed E-state index contributed by atoms with van der Waals surface area (Å²) in [4.78, 5) is 11.3. The second-order valence-electron chi connectivity index (χ2n) is 4.84. The Kier molecular flexibility index (Phi) is 7.48. The van der Waals surface area contributed by atoms with Gasteiger partial charge in [0.25, 0.3) is 0 Å². The maximum absolute atomic E-state index is 11.3. The van der Waals surface area contributed by atoms with Crippen LogP contribution in [0.3, 0.4) is 0 Å². The molecular formula is C17H24O3. The smallest absolute Gasteiger partial charge is 0.159 e. The fourth-order valence-corrected chi connectivity index (χ4v) is 1.94. The zero-order chi connectivity index (χ0) is 14.8. The average Bonchev–Trinajstić information content (AvgIpc) is 2.43. The van der Waals surface area contributed by atoms with E-state index >= 15 is 0 Å². The Balaban J connectivity index is 2.22. The van der Waals surface area contributed by atoms with Crippen molar-refractivity contribution in [2.45, 2.75) is 39.5 Å². The summed E-state index contributed by atoms with van der Waals surface area (Å²) >= 11 is 0. The Labute approximate surface area is 121 Å². The third-order valence-corrected chi connectivity index (χ3v) is 3.11. The van der Waals surface area contributed by atoms with Crippen LogP contribution in [0.1, 0.15) is 48.5 Å². The van der Waals surface area contributed by atoms with E-state index in [9.17, 15) is 4.79 Å². The van der Waals surface area contributed by atoms with Crippen LogP contribution in [0.5, 0.6) is 5.75 Å². The maximum atomic E-state index is 11.3. The van der Waals surface area contributed by atoms with Gasteiger partial charge in [-0.2, -0.15) is 0 Å². The Morgan fingerprint density at radius 3 is 2.50 bits per heavy atom. The summed E-state index contributed by atoms with van der Waals surface area (Å²) in [7, 11) is 0. The van der Waals surface area contributed by atoms with E-state index in [0.717, 1.165) is 49.2 Å². The lowest BCUT2D eigenvalue weighted by molar-refractivity contribution is 0.101. The van der Waals surface area contributed by atoms with E-state index in [2.05, 4.69) is 6.58 Å². The number of unbranched alkanes of at least 4 members (excludes halogenated alkanes) is 3. The van der Waals surface area contributed by atoms with Crippen LogP contribution >= 0.6 is 0 Å². The largest absolute Gasteiger partial charge is 0.502 e. The molecule has 110 valence electrons. The Bertz CT molecular complexity index is 438. The average molecular weight is 276 g/mol. The van der Waals surface area contributed by atoms with Gasteiger partial charge in [0.1, 0.15) is 5.75 Å². The first kappa shape index (κ1) is 16.3. The van der Waals surface area contributed by atoms with Crippen molar-refractivity contribution in [1.82, 2.24) is 0 Å². The van der Waals surface area contributed by atoms with Crippen LogP contribution in [0.2, 0.25) is 0 Å². The molecule has 0 aliphatic carbocycles. The molecule has 0 heterocycles. The van der Waals surface area contributed by atoms with Crippen molar-refractivity contribution in [1.29, 1.82) is 0 Å². The lowest BCUT2D eigenvalue weighted by atomic mass is 10.1. The normalized spacial score (nSPS) is 10.1. The molecule has 20 heavy (non-hydrogen) atoms. The Hall–Kier alpha value is -1.77. The van der Waals surface area contributed by atoms with Crippen LogP contribution in [0, 0.1) is 6.92 Å². The lowest BCUT2D eigenvalue weighted by Gasteiger charge is -2.10. The Morgan fingerprint density at radius 1 is 1.20 bits per heavy atom. The van der Waals surface area contributed by atoms with Crippen molar-refractivity contribution >= 4 is 5.78 Å². The number of hydrogen-bond acceptors (Lipinski definition) is 3. The first-order valence-corrected chi connectivity index (χ1v) is 7.12. The van der Waals surface area contributed by atoms with Crippen LogP contribution in [-0.4, -0.2) is 19.0 Å². The molecule has 0 aromatic heterocycles. The maximum Gasteiger partial charge on any atom is 0.159 e. The van der Waals surface area contributed by atoms with E-state index < -0.39 is 0 Å². The standard InChI is InChI=1S/C17H24O3/c1-4-19-11-7-5-6-8-12-20-17-10-9-16(15(3)18)13-14(17)2/h4,9-10,13H,1,5-8,11-12H2,2-3H3. The lowest BCUT2D eigenvalue weighted by Crippen LogP contribution is -2.01. The molecule has 0 amide bonds. The summed E-state index contributed by atoms with van der Waals surface area (Å²) in [6.07, 6.45) is 5.83. The predicted octanol–water partition coefficient (Wildman–Crippen LogP) is 4.30. The minimum absolute atomic E-state index is 0.0846. The third-order valence-electron chi connectivity index (χ3n) is 3.11. The molecule has 0 aliphatic heterocycles. The van der Waals surface area contributed by atoms with Gasteiger partial charge in [-0.25, -0.2) is 0 Å².